The molecule has 0 radical (unpaired) electrons. The lowest BCUT2D eigenvalue weighted by Crippen LogP contribution is -2.44. The first-order chi connectivity index (χ1) is 22.2. The zero-order chi connectivity index (χ0) is 33.9. The quantitative estimate of drug-likeness (QED) is 0.166. The first-order valence-corrected chi connectivity index (χ1v) is 15.5. The molecule has 1 N–H and O–H groups in total. The van der Waals surface area contributed by atoms with Crippen molar-refractivity contribution in [3.63, 3.8) is 0 Å². The molecule has 1 aromatic heterocycles. The van der Waals surface area contributed by atoms with E-state index in [0.29, 0.717) is 16.5 Å². The molecule has 1 amide bonds. The Morgan fingerprint density at radius 3 is 1.96 bits per heavy atom. The number of nitrogens with zero attached hydrogens (tertiary/aromatic N) is 1. The average Bonchev–Trinajstić information content (AvgIpc) is 3.53. The van der Waals surface area contributed by atoms with Gasteiger partial charge in [0.05, 0.1) is 5.52 Å². The second-order valence-electron chi connectivity index (χ2n) is 13.4. The highest BCUT2D eigenvalue weighted by Crippen LogP contribution is 2.44. The number of hydrogen-bond donors (Lipinski definition) is 1. The molecular formula is C37H40N2O8. The van der Waals surface area contributed by atoms with E-state index in [-0.39, 0.29) is 18.9 Å². The Bertz CT molecular complexity index is 1770. The second-order valence-corrected chi connectivity index (χ2v) is 13.4. The van der Waals surface area contributed by atoms with Gasteiger partial charge >= 0.3 is 24.1 Å². The standard InChI is InChI=1S/C37H40N2O8/c1-36(2,3)46-32(40)22-44-33(41)30(19-23-20-39(35(43)47-37(4,5)6)31-18-12-11-13-24(23)31)38-34(42)45-21-29-27-16-9-7-14-25(27)26-15-8-10-17-28(26)29/h7-18,20,29-30H,19,21-22H2,1-6H3,(H,38,42). The summed E-state index contributed by atoms with van der Waals surface area (Å²) in [5.41, 5.74) is 3.90. The number of carbonyl (C=O) groups excluding carboxylic acids is 4. The summed E-state index contributed by atoms with van der Waals surface area (Å²) in [6.45, 7) is 9.82. The van der Waals surface area contributed by atoms with Crippen LogP contribution >= 0.6 is 0 Å². The van der Waals surface area contributed by atoms with Gasteiger partial charge in [-0.1, -0.05) is 66.7 Å². The van der Waals surface area contributed by atoms with Gasteiger partial charge in [0.1, 0.15) is 23.9 Å². The smallest absolute Gasteiger partial charge is 0.419 e. The fourth-order valence-corrected chi connectivity index (χ4v) is 5.67. The lowest BCUT2D eigenvalue weighted by atomic mass is 9.98. The van der Waals surface area contributed by atoms with Crippen LogP contribution in [0.25, 0.3) is 22.0 Å². The van der Waals surface area contributed by atoms with E-state index < -0.39 is 48.0 Å². The number of rotatable bonds is 8. The van der Waals surface area contributed by atoms with E-state index in [0.717, 1.165) is 22.3 Å². The molecule has 0 spiro atoms. The Morgan fingerprint density at radius 2 is 1.34 bits per heavy atom. The van der Waals surface area contributed by atoms with Crippen molar-refractivity contribution in [2.75, 3.05) is 13.2 Å². The largest absolute Gasteiger partial charge is 0.457 e. The van der Waals surface area contributed by atoms with Crippen LogP contribution in [0.3, 0.4) is 0 Å². The van der Waals surface area contributed by atoms with Gasteiger partial charge in [0, 0.05) is 23.9 Å². The van der Waals surface area contributed by atoms with E-state index in [4.69, 9.17) is 18.9 Å². The Balaban J connectivity index is 1.36. The molecule has 0 saturated carbocycles. The molecule has 10 heteroatoms. The van der Waals surface area contributed by atoms with Gasteiger partial charge in [-0.05, 0) is 75.4 Å². The zero-order valence-corrected chi connectivity index (χ0v) is 27.5. The fourth-order valence-electron chi connectivity index (χ4n) is 5.67. The number of carbonyl (C=O) groups is 4. The van der Waals surface area contributed by atoms with Crippen molar-refractivity contribution in [3.05, 3.63) is 95.7 Å². The summed E-state index contributed by atoms with van der Waals surface area (Å²) < 4.78 is 23.2. The van der Waals surface area contributed by atoms with Crippen LogP contribution in [0.1, 0.15) is 64.2 Å². The van der Waals surface area contributed by atoms with Crippen molar-refractivity contribution in [3.8, 4) is 11.1 Å². The van der Waals surface area contributed by atoms with E-state index in [9.17, 15) is 19.2 Å². The highest BCUT2D eigenvalue weighted by Gasteiger charge is 2.31. The van der Waals surface area contributed by atoms with Crippen molar-refractivity contribution < 1.29 is 38.1 Å². The molecule has 0 aliphatic heterocycles. The van der Waals surface area contributed by atoms with Crippen LogP contribution in [-0.4, -0.2) is 59.1 Å². The van der Waals surface area contributed by atoms with Crippen LogP contribution in [0.15, 0.2) is 79.0 Å². The summed E-state index contributed by atoms with van der Waals surface area (Å²) in [5, 5.41) is 3.32. The summed E-state index contributed by atoms with van der Waals surface area (Å²) >= 11 is 0. The van der Waals surface area contributed by atoms with Crippen molar-refractivity contribution in [1.82, 2.24) is 9.88 Å². The van der Waals surface area contributed by atoms with Crippen LogP contribution in [0, 0.1) is 0 Å². The van der Waals surface area contributed by atoms with Gasteiger partial charge in [0.25, 0.3) is 0 Å². The van der Waals surface area contributed by atoms with E-state index in [2.05, 4.69) is 5.32 Å². The highest BCUT2D eigenvalue weighted by molar-refractivity contribution is 5.93. The Kier molecular flexibility index (Phi) is 9.42. The molecule has 3 aromatic carbocycles. The second kappa shape index (κ2) is 13.3. The van der Waals surface area contributed by atoms with Crippen molar-refractivity contribution in [1.29, 1.82) is 0 Å². The minimum atomic E-state index is -1.26. The van der Waals surface area contributed by atoms with Crippen molar-refractivity contribution >= 4 is 35.0 Å². The first kappa shape index (κ1) is 33.2. The van der Waals surface area contributed by atoms with E-state index >= 15 is 0 Å². The molecule has 47 heavy (non-hydrogen) atoms. The molecule has 1 heterocycles. The van der Waals surface area contributed by atoms with Gasteiger partial charge in [-0.25, -0.2) is 19.2 Å². The molecule has 246 valence electrons. The number of benzene rings is 3. The van der Waals surface area contributed by atoms with Crippen molar-refractivity contribution in [2.45, 2.75) is 71.1 Å². The Hall–Kier alpha value is -5.12. The topological polar surface area (TPSA) is 122 Å². The molecule has 1 aliphatic carbocycles. The number of esters is 2. The highest BCUT2D eigenvalue weighted by atomic mass is 16.6. The predicted octanol–water partition coefficient (Wildman–Crippen LogP) is 6.76. The van der Waals surface area contributed by atoms with Gasteiger partial charge < -0.3 is 24.3 Å². The van der Waals surface area contributed by atoms with E-state index in [1.165, 1.54) is 4.57 Å². The number of nitrogens with one attached hydrogen (secondary N) is 1. The first-order valence-electron chi connectivity index (χ1n) is 15.5. The maximum atomic E-state index is 13.4. The number of ether oxygens (including phenoxy) is 4. The summed E-state index contributed by atoms with van der Waals surface area (Å²) in [7, 11) is 0. The third-order valence-corrected chi connectivity index (χ3v) is 7.48. The van der Waals surface area contributed by atoms with Gasteiger partial charge in [0.2, 0.25) is 0 Å². The minimum Gasteiger partial charge on any atom is -0.457 e. The summed E-state index contributed by atoms with van der Waals surface area (Å²) in [6.07, 6.45) is 0.0930. The monoisotopic (exact) mass is 640 g/mol. The number of amides is 1. The van der Waals surface area contributed by atoms with Gasteiger partial charge in [-0.2, -0.15) is 0 Å². The molecule has 5 rings (SSSR count). The molecule has 1 atom stereocenters. The van der Waals surface area contributed by atoms with E-state index in [1.54, 1.807) is 65.9 Å². The Morgan fingerprint density at radius 1 is 0.766 bits per heavy atom. The number of para-hydroxylation sites is 1. The van der Waals surface area contributed by atoms with Gasteiger partial charge in [-0.15, -0.1) is 0 Å². The number of alkyl carbamates (subject to hydrolysis) is 1. The van der Waals surface area contributed by atoms with Crippen molar-refractivity contribution in [2.24, 2.45) is 0 Å². The molecule has 10 nitrogen and oxygen atoms in total. The summed E-state index contributed by atoms with van der Waals surface area (Å²) in [4.78, 5) is 52.1. The average molecular weight is 641 g/mol. The molecule has 0 fully saturated rings. The molecule has 0 bridgehead atoms. The van der Waals surface area contributed by atoms with Crippen LogP contribution in [0.2, 0.25) is 0 Å². The third kappa shape index (κ3) is 8.00. The number of aromatic nitrogens is 1. The van der Waals surface area contributed by atoms with Crippen LogP contribution in [0.4, 0.5) is 9.59 Å². The molecule has 1 aliphatic rings. The number of fused-ring (bicyclic) bond motifs is 4. The molecular weight excluding hydrogens is 600 g/mol. The lowest BCUT2D eigenvalue weighted by molar-refractivity contribution is -0.167. The van der Waals surface area contributed by atoms with Crippen LogP contribution < -0.4 is 5.32 Å². The molecule has 4 aromatic rings. The van der Waals surface area contributed by atoms with E-state index in [1.807, 2.05) is 54.6 Å². The number of hydrogen-bond acceptors (Lipinski definition) is 8. The summed E-state index contributed by atoms with van der Waals surface area (Å²) in [6, 6.07) is 21.8. The SMILES string of the molecule is CC(C)(C)OC(=O)COC(=O)C(Cc1cn(C(=O)OC(C)(C)C)c2ccccc12)NC(=O)OCC1c2ccccc2-c2ccccc21. The normalized spacial score (nSPS) is 13.3. The van der Waals surface area contributed by atoms with Crippen LogP contribution in [0.5, 0.6) is 0 Å². The minimum absolute atomic E-state index is 0.0392. The maximum absolute atomic E-state index is 13.4. The fraction of sp³-hybridized carbons (Fsp3) is 0.351. The van der Waals surface area contributed by atoms with Crippen LogP contribution in [-0.2, 0) is 35.0 Å². The molecule has 1 unspecified atom stereocenters. The lowest BCUT2D eigenvalue weighted by Gasteiger charge is -2.21. The van der Waals surface area contributed by atoms with Gasteiger partial charge in [0.15, 0.2) is 6.61 Å². The summed E-state index contributed by atoms with van der Waals surface area (Å²) in [5.74, 6) is -1.77. The third-order valence-electron chi connectivity index (χ3n) is 7.48. The zero-order valence-electron chi connectivity index (χ0n) is 27.5. The predicted molar refractivity (Wildman–Crippen MR) is 176 cm³/mol. The maximum Gasteiger partial charge on any atom is 0.419 e. The van der Waals surface area contributed by atoms with Gasteiger partial charge in [-0.3, -0.25) is 4.57 Å². The molecule has 0 saturated heterocycles. The Labute approximate surface area is 273 Å².